The monoisotopic (exact) mass is 438 g/mol. The van der Waals surface area contributed by atoms with Gasteiger partial charge in [-0.25, -0.2) is 0 Å². The van der Waals surface area contributed by atoms with E-state index in [0.29, 0.717) is 38.8 Å². The van der Waals surface area contributed by atoms with Gasteiger partial charge in [0.2, 0.25) is 0 Å². The molecule has 0 amide bonds. The Morgan fingerprint density at radius 3 is 2.48 bits per heavy atom. The highest BCUT2D eigenvalue weighted by molar-refractivity contribution is 7.99. The number of halogens is 1. The summed E-state index contributed by atoms with van der Waals surface area (Å²) in [5.41, 5.74) is -0.450. The summed E-state index contributed by atoms with van der Waals surface area (Å²) < 4.78 is 7.64. The Morgan fingerprint density at radius 1 is 1.24 bits per heavy atom. The van der Waals surface area contributed by atoms with Crippen LogP contribution >= 0.6 is 24.4 Å². The second-order valence-corrected chi connectivity index (χ2v) is 8.41. The summed E-state index contributed by atoms with van der Waals surface area (Å²) in [7, 11) is 1.62. The number of carbonyl (C=O) groups is 1. The van der Waals surface area contributed by atoms with Crippen molar-refractivity contribution in [2.75, 3.05) is 20.2 Å². The van der Waals surface area contributed by atoms with E-state index in [9.17, 15) is 14.8 Å². The van der Waals surface area contributed by atoms with Crippen LogP contribution in [0.2, 0.25) is 0 Å². The Labute approximate surface area is 181 Å². The second-order valence-electron chi connectivity index (χ2n) is 7.30. The number of nitroso groups, excluding NO2 is 1. The van der Waals surface area contributed by atoms with Gasteiger partial charge in [-0.3, -0.25) is 4.79 Å². The van der Waals surface area contributed by atoms with Gasteiger partial charge in [-0.2, -0.15) is 0 Å². The molecule has 0 radical (unpaired) electrons. The van der Waals surface area contributed by atoms with E-state index < -0.39 is 16.1 Å². The number of rotatable bonds is 8. The summed E-state index contributed by atoms with van der Waals surface area (Å²) in [5, 5.41) is 15.7. The number of piperidine rings is 1. The third-order valence-electron chi connectivity index (χ3n) is 5.93. The predicted octanol–water partition coefficient (Wildman–Crippen LogP) is 4.93. The van der Waals surface area contributed by atoms with E-state index in [1.807, 2.05) is 43.3 Å². The molecule has 29 heavy (non-hydrogen) atoms. The Hall–Kier alpha value is -1.83. The number of ether oxygens (including phenoxy) is 1. The van der Waals surface area contributed by atoms with E-state index in [0.717, 1.165) is 34.0 Å². The lowest BCUT2D eigenvalue weighted by atomic mass is 9.63. The molecule has 2 aromatic carbocycles. The standard InChI is InChI=1S/C21H26N2O4S.ClH/c1-3-8-21(19(24)25,20(28-23-26)9-11-22-12-10-20)17-6-4-16-14-18(27-2)7-5-15(16)13-17;/h4-7,13-14,22H,3,8-12H2,1-2H3,(H,24,25);1H/t21-;/m0./s1. The smallest absolute Gasteiger partial charge is 0.315 e. The fourth-order valence-corrected chi connectivity index (χ4v) is 5.54. The molecule has 6 nitrogen and oxygen atoms in total. The van der Waals surface area contributed by atoms with E-state index in [4.69, 9.17) is 4.74 Å². The molecule has 3 rings (SSSR count). The number of benzene rings is 2. The van der Waals surface area contributed by atoms with Crippen molar-refractivity contribution in [3.05, 3.63) is 46.9 Å². The molecule has 0 unspecified atom stereocenters. The van der Waals surface area contributed by atoms with Crippen LogP contribution < -0.4 is 10.1 Å². The molecule has 1 saturated heterocycles. The van der Waals surface area contributed by atoms with Gasteiger partial charge in [0.15, 0.2) is 0 Å². The van der Waals surface area contributed by atoms with Gasteiger partial charge < -0.3 is 15.2 Å². The van der Waals surface area contributed by atoms with Crippen molar-refractivity contribution in [1.29, 1.82) is 0 Å². The van der Waals surface area contributed by atoms with Crippen LogP contribution in [-0.2, 0) is 10.2 Å². The van der Waals surface area contributed by atoms with E-state index in [2.05, 4.69) is 9.90 Å². The van der Waals surface area contributed by atoms with Gasteiger partial charge in [-0.05, 0) is 66.9 Å². The number of nitrogens with zero attached hydrogens (tertiary/aromatic N) is 1. The molecule has 1 atom stereocenters. The number of hydrogen-bond donors (Lipinski definition) is 2. The maximum Gasteiger partial charge on any atom is 0.315 e. The Morgan fingerprint density at radius 2 is 1.90 bits per heavy atom. The molecule has 0 saturated carbocycles. The maximum absolute atomic E-state index is 12.8. The highest BCUT2D eigenvalue weighted by atomic mass is 35.5. The second kappa shape index (κ2) is 9.78. The van der Waals surface area contributed by atoms with Crippen molar-refractivity contribution in [2.24, 2.45) is 4.58 Å². The summed E-state index contributed by atoms with van der Waals surface area (Å²) in [4.78, 5) is 24.2. The zero-order valence-electron chi connectivity index (χ0n) is 16.6. The first-order valence-corrected chi connectivity index (χ1v) is 10.3. The highest BCUT2D eigenvalue weighted by Crippen LogP contribution is 2.53. The summed E-state index contributed by atoms with van der Waals surface area (Å²) in [5.74, 6) is -0.130. The molecule has 1 aliphatic rings. The number of fused-ring (bicyclic) bond motifs is 1. The molecule has 0 bridgehead atoms. The van der Waals surface area contributed by atoms with Crippen LogP contribution in [0.5, 0.6) is 5.75 Å². The number of aliphatic carboxylic acids is 1. The van der Waals surface area contributed by atoms with Crippen molar-refractivity contribution >= 4 is 41.1 Å². The lowest BCUT2D eigenvalue weighted by Gasteiger charge is -2.48. The van der Waals surface area contributed by atoms with Crippen LogP contribution in [0.15, 0.2) is 41.0 Å². The first-order chi connectivity index (χ1) is 13.5. The van der Waals surface area contributed by atoms with Crippen LogP contribution in [0.3, 0.4) is 0 Å². The molecule has 0 spiro atoms. The van der Waals surface area contributed by atoms with Crippen LogP contribution in [0.1, 0.15) is 38.2 Å². The van der Waals surface area contributed by atoms with E-state index in [1.54, 1.807) is 7.11 Å². The summed E-state index contributed by atoms with van der Waals surface area (Å²) >= 11 is 0.910. The number of hydrogen-bond acceptors (Lipinski definition) is 6. The predicted molar refractivity (Wildman–Crippen MR) is 120 cm³/mol. The summed E-state index contributed by atoms with van der Waals surface area (Å²) in [6.45, 7) is 3.33. The average Bonchev–Trinajstić information content (AvgIpc) is 2.71. The van der Waals surface area contributed by atoms with Crippen molar-refractivity contribution in [1.82, 2.24) is 5.32 Å². The van der Waals surface area contributed by atoms with E-state index >= 15 is 0 Å². The van der Waals surface area contributed by atoms with Crippen LogP contribution in [-0.4, -0.2) is 36.0 Å². The minimum Gasteiger partial charge on any atom is -0.497 e. The van der Waals surface area contributed by atoms with E-state index in [-0.39, 0.29) is 12.4 Å². The van der Waals surface area contributed by atoms with Crippen molar-refractivity contribution in [3.63, 3.8) is 0 Å². The molecule has 2 aromatic rings. The molecule has 2 N–H and O–H groups in total. The fraction of sp³-hybridized carbons (Fsp3) is 0.476. The Balaban J connectivity index is 0.00000300. The Kier molecular flexibility index (Phi) is 7.91. The maximum atomic E-state index is 12.8. The number of carboxylic acids is 1. The third kappa shape index (κ3) is 4.09. The number of nitrogens with one attached hydrogen (secondary N) is 1. The zero-order chi connectivity index (χ0) is 20.2. The quantitative estimate of drug-likeness (QED) is 0.448. The van der Waals surface area contributed by atoms with Gasteiger partial charge in [-0.1, -0.05) is 31.5 Å². The molecule has 0 aromatic heterocycles. The van der Waals surface area contributed by atoms with Gasteiger partial charge in [0.1, 0.15) is 11.2 Å². The third-order valence-corrected chi connectivity index (χ3v) is 7.11. The normalized spacial score (nSPS) is 17.7. The molecular formula is C21H27ClN2O4S. The van der Waals surface area contributed by atoms with Crippen LogP contribution in [0.4, 0.5) is 0 Å². The molecule has 1 fully saturated rings. The molecule has 1 aliphatic heterocycles. The van der Waals surface area contributed by atoms with Gasteiger partial charge >= 0.3 is 5.97 Å². The molecule has 158 valence electrons. The van der Waals surface area contributed by atoms with Crippen LogP contribution in [0.25, 0.3) is 10.8 Å². The number of carboxylic acid groups (broad SMARTS) is 1. The van der Waals surface area contributed by atoms with Crippen LogP contribution in [0, 0.1) is 4.91 Å². The van der Waals surface area contributed by atoms with Gasteiger partial charge in [-0.15, -0.1) is 17.3 Å². The molecular weight excluding hydrogens is 412 g/mol. The number of methoxy groups -OCH3 is 1. The van der Waals surface area contributed by atoms with Crippen molar-refractivity contribution in [3.8, 4) is 5.75 Å². The average molecular weight is 439 g/mol. The molecule has 8 heteroatoms. The topological polar surface area (TPSA) is 88.0 Å². The fourth-order valence-electron chi connectivity index (χ4n) is 4.55. The molecule has 1 heterocycles. The lowest BCUT2D eigenvalue weighted by molar-refractivity contribution is -0.146. The lowest BCUT2D eigenvalue weighted by Crippen LogP contribution is -2.58. The first kappa shape index (κ1) is 23.4. The summed E-state index contributed by atoms with van der Waals surface area (Å²) in [6.07, 6.45) is 2.31. The summed E-state index contributed by atoms with van der Waals surface area (Å²) in [6, 6.07) is 11.5. The van der Waals surface area contributed by atoms with Gasteiger partial charge in [0.25, 0.3) is 0 Å². The first-order valence-electron chi connectivity index (χ1n) is 9.56. The minimum atomic E-state index is -1.18. The minimum absolute atomic E-state index is 0. The van der Waals surface area contributed by atoms with Gasteiger partial charge in [0, 0.05) is 16.5 Å². The van der Waals surface area contributed by atoms with Crippen molar-refractivity contribution < 1.29 is 14.6 Å². The Bertz CT molecular complexity index is 873. The van der Waals surface area contributed by atoms with Gasteiger partial charge in [0.05, 0.1) is 11.9 Å². The SMILES string of the molecule is CCC[C@@](C(=O)O)(c1ccc2cc(OC)ccc2c1)C1(SN=O)CCNCC1.Cl. The largest absolute Gasteiger partial charge is 0.497 e. The highest BCUT2D eigenvalue weighted by Gasteiger charge is 2.58. The van der Waals surface area contributed by atoms with Crippen molar-refractivity contribution in [2.45, 2.75) is 42.8 Å². The zero-order valence-corrected chi connectivity index (χ0v) is 18.3. The van der Waals surface area contributed by atoms with E-state index in [1.165, 1.54) is 0 Å². The molecule has 0 aliphatic carbocycles.